The molecule has 3 aromatic heterocycles. The van der Waals surface area contributed by atoms with Crippen molar-refractivity contribution in [3.05, 3.63) is 58.0 Å². The number of carbonyl (C=O) groups excluding carboxylic acids is 2. The highest BCUT2D eigenvalue weighted by Gasteiger charge is 2.40. The first-order valence-electron chi connectivity index (χ1n) is 6.82. The third kappa shape index (κ3) is 3.16. The minimum absolute atomic E-state index is 0.0510. The summed E-state index contributed by atoms with van der Waals surface area (Å²) in [7, 11) is 0. The molecule has 0 bridgehead atoms. The molecule has 3 aromatic rings. The number of rotatable bonds is 4. The summed E-state index contributed by atoms with van der Waals surface area (Å²) in [6, 6.07) is 7.78. The maximum atomic E-state index is 12.4. The highest BCUT2D eigenvalue weighted by Crippen LogP contribution is 2.26. The Bertz CT molecular complexity index is 914. The van der Waals surface area contributed by atoms with Gasteiger partial charge in [-0.15, -0.1) is 11.3 Å². The number of nitrogens with one attached hydrogen (secondary N) is 2. The van der Waals surface area contributed by atoms with Gasteiger partial charge < -0.3 is 5.32 Å². The molecular weight excluding hydrogens is 343 g/mol. The zero-order valence-corrected chi connectivity index (χ0v) is 12.9. The van der Waals surface area contributed by atoms with Crippen molar-refractivity contribution in [2.45, 2.75) is 12.7 Å². The quantitative estimate of drug-likeness (QED) is 0.558. The lowest BCUT2D eigenvalue weighted by Crippen LogP contribution is -2.24. The van der Waals surface area contributed by atoms with Gasteiger partial charge in [0.2, 0.25) is 5.52 Å². The fraction of sp³-hybridized carbons (Fsp3) is 0.133. The Morgan fingerprint density at radius 3 is 2.67 bits per heavy atom. The van der Waals surface area contributed by atoms with E-state index in [1.165, 1.54) is 6.07 Å². The van der Waals surface area contributed by atoms with E-state index >= 15 is 0 Å². The number of H-pyrrole nitrogens is 1. The topological polar surface area (TPSA) is 66.1 Å². The van der Waals surface area contributed by atoms with Gasteiger partial charge in [-0.1, -0.05) is 4.52 Å². The van der Waals surface area contributed by atoms with Crippen LogP contribution in [0.15, 0.2) is 42.7 Å². The van der Waals surface area contributed by atoms with Crippen LogP contribution in [0.3, 0.4) is 0 Å². The molecule has 0 radical (unpaired) electrons. The van der Waals surface area contributed by atoms with Gasteiger partial charge >= 0.3 is 6.18 Å². The standard InChI is InChI=1S/C15H10F3N3O2S/c16-15(17,18)13(22)11-4-5-12(24-11)14(23)19-7-9-8-20-21-6-2-1-3-10(9)21/h1-6,8H,7H2,(H,19,23)/p+1. The summed E-state index contributed by atoms with van der Waals surface area (Å²) in [5.74, 6) is -2.48. The molecule has 0 aliphatic heterocycles. The summed E-state index contributed by atoms with van der Waals surface area (Å²) >= 11 is 0.522. The highest BCUT2D eigenvalue weighted by atomic mass is 32.1. The van der Waals surface area contributed by atoms with E-state index in [2.05, 4.69) is 10.4 Å². The van der Waals surface area contributed by atoms with E-state index < -0.39 is 22.7 Å². The molecule has 3 heterocycles. The van der Waals surface area contributed by atoms with Gasteiger partial charge in [0.05, 0.1) is 28.1 Å². The average molecular weight is 354 g/mol. The molecule has 2 N–H and O–H groups in total. The van der Waals surface area contributed by atoms with Crippen LogP contribution in [0.2, 0.25) is 0 Å². The van der Waals surface area contributed by atoms with Crippen molar-refractivity contribution in [2.75, 3.05) is 0 Å². The molecule has 124 valence electrons. The van der Waals surface area contributed by atoms with E-state index in [0.29, 0.717) is 11.3 Å². The monoisotopic (exact) mass is 354 g/mol. The van der Waals surface area contributed by atoms with Crippen molar-refractivity contribution < 1.29 is 27.3 Å². The number of Topliss-reactive ketones (excluding diaryl/α,β-unsaturated/α-hetero) is 1. The van der Waals surface area contributed by atoms with Crippen molar-refractivity contribution in [3.8, 4) is 0 Å². The van der Waals surface area contributed by atoms with Crippen molar-refractivity contribution in [1.82, 2.24) is 10.4 Å². The Morgan fingerprint density at radius 1 is 1.17 bits per heavy atom. The normalized spacial score (nSPS) is 11.6. The molecule has 0 saturated carbocycles. The molecule has 0 aromatic carbocycles. The molecule has 3 rings (SSSR count). The highest BCUT2D eigenvalue weighted by molar-refractivity contribution is 7.16. The number of ketones is 1. The third-order valence-corrected chi connectivity index (χ3v) is 4.40. The predicted octanol–water partition coefficient (Wildman–Crippen LogP) is 2.49. The van der Waals surface area contributed by atoms with Gasteiger partial charge in [0, 0.05) is 12.1 Å². The van der Waals surface area contributed by atoms with Gasteiger partial charge in [-0.25, -0.2) is 0 Å². The fourth-order valence-electron chi connectivity index (χ4n) is 2.16. The number of hydrogen-bond acceptors (Lipinski definition) is 3. The lowest BCUT2D eigenvalue weighted by Gasteiger charge is -2.02. The molecule has 0 aliphatic rings. The van der Waals surface area contributed by atoms with E-state index in [0.717, 1.165) is 17.1 Å². The van der Waals surface area contributed by atoms with Crippen LogP contribution in [0.4, 0.5) is 13.2 Å². The zero-order valence-electron chi connectivity index (χ0n) is 12.1. The predicted molar refractivity (Wildman–Crippen MR) is 79.8 cm³/mol. The number of halogens is 3. The number of thiophene rings is 1. The molecule has 0 aliphatic carbocycles. The molecule has 1 amide bonds. The summed E-state index contributed by atoms with van der Waals surface area (Å²) < 4.78 is 38.9. The maximum Gasteiger partial charge on any atom is 0.455 e. The van der Waals surface area contributed by atoms with E-state index in [-0.39, 0.29) is 11.4 Å². The first-order chi connectivity index (χ1) is 11.4. The average Bonchev–Trinajstić information content (AvgIpc) is 3.18. The number of nitrogens with zero attached hydrogens (tertiary/aromatic N) is 1. The zero-order chi connectivity index (χ0) is 17.3. The minimum atomic E-state index is -4.94. The summed E-state index contributed by atoms with van der Waals surface area (Å²) in [5, 5.41) is 5.62. The molecule has 24 heavy (non-hydrogen) atoms. The number of aromatic nitrogens is 2. The van der Waals surface area contributed by atoms with Gasteiger partial charge in [-0.3, -0.25) is 9.59 Å². The Labute approximate surface area is 137 Å². The Hall–Kier alpha value is -2.68. The van der Waals surface area contributed by atoms with Crippen LogP contribution in [0.5, 0.6) is 0 Å². The summed E-state index contributed by atoms with van der Waals surface area (Å²) in [6.07, 6.45) is -1.41. The van der Waals surface area contributed by atoms with Gasteiger partial charge in [-0.2, -0.15) is 18.3 Å². The number of alkyl halides is 3. The van der Waals surface area contributed by atoms with Crippen molar-refractivity contribution in [3.63, 3.8) is 0 Å². The summed E-state index contributed by atoms with van der Waals surface area (Å²) in [6.45, 7) is 0.205. The molecular formula is C15H11F3N3O2S+. The van der Waals surface area contributed by atoms with Crippen LogP contribution < -0.4 is 9.83 Å². The molecule has 0 spiro atoms. The fourth-order valence-corrected chi connectivity index (χ4v) is 3.05. The van der Waals surface area contributed by atoms with Crippen LogP contribution in [0.1, 0.15) is 24.9 Å². The molecule has 0 fully saturated rings. The SMILES string of the molecule is O=C(NCc1c[nH][n+]2ccccc12)c1ccc(C(=O)C(F)(F)F)s1. The summed E-state index contributed by atoms with van der Waals surface area (Å²) in [4.78, 5) is 22.7. The Balaban J connectivity index is 1.70. The molecule has 5 nitrogen and oxygen atoms in total. The Kier molecular flexibility index (Phi) is 4.10. The van der Waals surface area contributed by atoms with Gasteiger partial charge in [0.1, 0.15) is 0 Å². The third-order valence-electron chi connectivity index (χ3n) is 3.32. The van der Waals surface area contributed by atoms with Crippen LogP contribution >= 0.6 is 11.3 Å². The lowest BCUT2D eigenvalue weighted by molar-refractivity contribution is -0.576. The van der Waals surface area contributed by atoms with Crippen LogP contribution in [0, 0.1) is 0 Å². The smallest absolute Gasteiger partial charge is 0.347 e. The van der Waals surface area contributed by atoms with Crippen molar-refractivity contribution in [2.24, 2.45) is 0 Å². The second-order valence-electron chi connectivity index (χ2n) is 4.93. The van der Waals surface area contributed by atoms with Gasteiger partial charge in [-0.05, 0) is 18.2 Å². The minimum Gasteiger partial charge on any atom is -0.347 e. The first kappa shape index (κ1) is 16.2. The van der Waals surface area contributed by atoms with E-state index in [4.69, 9.17) is 0 Å². The lowest BCUT2D eigenvalue weighted by atomic mass is 10.2. The molecule has 9 heteroatoms. The van der Waals surface area contributed by atoms with Gasteiger partial charge in [0.15, 0.2) is 6.20 Å². The number of fused-ring (bicyclic) bond motifs is 1. The molecule has 0 unspecified atom stereocenters. The number of carbonyl (C=O) groups is 2. The van der Waals surface area contributed by atoms with E-state index in [1.54, 1.807) is 10.7 Å². The molecule has 0 atom stereocenters. The number of aromatic amines is 1. The second kappa shape index (κ2) is 6.08. The van der Waals surface area contributed by atoms with Crippen LogP contribution in [-0.4, -0.2) is 23.0 Å². The largest absolute Gasteiger partial charge is 0.455 e. The number of hydrogen-bond donors (Lipinski definition) is 2. The van der Waals surface area contributed by atoms with Crippen molar-refractivity contribution in [1.29, 1.82) is 0 Å². The van der Waals surface area contributed by atoms with Gasteiger partial charge in [0.25, 0.3) is 11.7 Å². The van der Waals surface area contributed by atoms with E-state index in [9.17, 15) is 22.8 Å². The van der Waals surface area contributed by atoms with Crippen LogP contribution in [-0.2, 0) is 6.54 Å². The van der Waals surface area contributed by atoms with Crippen molar-refractivity contribution >= 4 is 28.5 Å². The second-order valence-corrected chi connectivity index (χ2v) is 6.01. The van der Waals surface area contributed by atoms with E-state index in [1.807, 2.05) is 24.4 Å². The van der Waals surface area contributed by atoms with Crippen LogP contribution in [0.25, 0.3) is 5.52 Å². The Morgan fingerprint density at radius 2 is 1.92 bits per heavy atom. The number of amides is 1. The maximum absolute atomic E-state index is 12.4. The summed E-state index contributed by atoms with van der Waals surface area (Å²) in [5.41, 5.74) is 1.70. The number of pyridine rings is 1. The first-order valence-corrected chi connectivity index (χ1v) is 7.64. The molecule has 0 saturated heterocycles.